The Balaban J connectivity index is 3.08. The highest BCUT2D eigenvalue weighted by atomic mass is 14.9. The highest BCUT2D eigenvalue weighted by Crippen LogP contribution is 1.64. The van der Waals surface area contributed by atoms with Crippen molar-refractivity contribution in [1.29, 1.82) is 0 Å². The van der Waals surface area contributed by atoms with E-state index in [-0.39, 0.29) is 0 Å². The molecule has 3 heteroatoms. The third-order valence-electron chi connectivity index (χ3n) is 0.345. The molecule has 0 amide bonds. The van der Waals surface area contributed by atoms with E-state index in [2.05, 4.69) is 28.4 Å². The molecule has 3 nitrogen and oxygen atoms in total. The predicted octanol–water partition coefficient (Wildman–Crippen LogP) is 0.373. The third-order valence-corrected chi connectivity index (χ3v) is 0.345. The molecule has 0 N–H and O–H groups in total. The van der Waals surface area contributed by atoms with Crippen LogP contribution in [0.4, 0.5) is 0 Å². The van der Waals surface area contributed by atoms with E-state index in [0.29, 0.717) is 6.67 Å². The fraction of sp³-hybridized carbons (Fsp3) is 0.250. The van der Waals surface area contributed by atoms with Crippen LogP contribution in [0.3, 0.4) is 0 Å². The predicted molar refractivity (Wildman–Crippen MR) is 32.5 cm³/mol. The van der Waals surface area contributed by atoms with E-state index >= 15 is 0 Å². The molecule has 0 aromatic carbocycles. The zero-order valence-electron chi connectivity index (χ0n) is 4.04. The van der Waals surface area contributed by atoms with Crippen molar-refractivity contribution >= 4 is 19.8 Å². The molecule has 7 heavy (non-hydrogen) atoms. The maximum atomic E-state index is 3.62. The molecule has 0 aliphatic rings. The van der Waals surface area contributed by atoms with E-state index in [1.807, 2.05) is 0 Å². The molecule has 0 unspecified atom stereocenters. The van der Waals surface area contributed by atoms with Gasteiger partial charge in [0.25, 0.3) is 0 Å². The molecular weight excluding hydrogens is 90.1 g/mol. The van der Waals surface area contributed by atoms with E-state index in [4.69, 9.17) is 0 Å². The van der Waals surface area contributed by atoms with E-state index in [9.17, 15) is 0 Å². The summed E-state index contributed by atoms with van der Waals surface area (Å²) < 4.78 is 0. The van der Waals surface area contributed by atoms with Crippen molar-refractivity contribution in [1.82, 2.24) is 0 Å². The first-order chi connectivity index (χ1) is 3.41. The van der Waals surface area contributed by atoms with Gasteiger partial charge in [-0.3, -0.25) is 15.0 Å². The molecule has 0 aromatic heterocycles. The van der Waals surface area contributed by atoms with Crippen molar-refractivity contribution in [2.75, 3.05) is 6.67 Å². The minimum Gasteiger partial charge on any atom is -0.278 e. The van der Waals surface area contributed by atoms with Crippen LogP contribution in [-0.2, 0) is 0 Å². The second-order valence-electron chi connectivity index (χ2n) is 0.846. The zero-order chi connectivity index (χ0) is 5.54. The maximum absolute atomic E-state index is 3.62. The smallest absolute Gasteiger partial charge is 0.130 e. The molecule has 0 aromatic rings. The van der Waals surface area contributed by atoms with E-state index < -0.39 is 0 Å². The van der Waals surface area contributed by atoms with Gasteiger partial charge in [-0.05, 0) is 13.4 Å². The monoisotopic (exact) mass is 97.1 g/mol. The van der Waals surface area contributed by atoms with Gasteiger partial charge < -0.3 is 0 Å². The van der Waals surface area contributed by atoms with Crippen LogP contribution in [0.15, 0.2) is 15.0 Å². The van der Waals surface area contributed by atoms with Gasteiger partial charge in [-0.15, -0.1) is 0 Å². The Morgan fingerprint density at radius 3 is 2.57 bits per heavy atom. The van der Waals surface area contributed by atoms with Gasteiger partial charge >= 0.3 is 0 Å². The molecule has 38 valence electrons. The van der Waals surface area contributed by atoms with Crippen molar-refractivity contribution in [3.8, 4) is 0 Å². The Morgan fingerprint density at radius 2 is 2.14 bits per heavy atom. The molecule has 0 saturated carbocycles. The first kappa shape index (κ1) is 6.01. The van der Waals surface area contributed by atoms with Gasteiger partial charge in [-0.1, -0.05) is 0 Å². The lowest BCUT2D eigenvalue weighted by molar-refractivity contribution is 1.09. The normalized spacial score (nSPS) is 9.14. The summed E-state index contributed by atoms with van der Waals surface area (Å²) in [5, 5.41) is 0. The van der Waals surface area contributed by atoms with E-state index in [0.717, 1.165) is 0 Å². The Kier molecular flexibility index (Phi) is 4.30. The lowest BCUT2D eigenvalue weighted by Gasteiger charge is -1.74. The summed E-state index contributed by atoms with van der Waals surface area (Å²) in [6, 6.07) is 0. The Hall–Kier alpha value is -0.990. The highest BCUT2D eigenvalue weighted by Gasteiger charge is 1.59. The van der Waals surface area contributed by atoms with Gasteiger partial charge in [0.2, 0.25) is 0 Å². The van der Waals surface area contributed by atoms with E-state index in [1.54, 1.807) is 0 Å². The minimum absolute atomic E-state index is 0.374. The van der Waals surface area contributed by atoms with Crippen LogP contribution in [0, 0.1) is 0 Å². The summed E-state index contributed by atoms with van der Waals surface area (Å²) in [4.78, 5) is 10.4. The minimum atomic E-state index is 0.374. The van der Waals surface area contributed by atoms with Crippen molar-refractivity contribution in [3.05, 3.63) is 0 Å². The van der Waals surface area contributed by atoms with Crippen molar-refractivity contribution in [2.24, 2.45) is 15.0 Å². The molecule has 0 atom stereocenters. The first-order valence-corrected chi connectivity index (χ1v) is 1.78. The average Bonchev–Trinajstić information content (AvgIpc) is 1.69. The van der Waals surface area contributed by atoms with Crippen LogP contribution >= 0.6 is 0 Å². The highest BCUT2D eigenvalue weighted by molar-refractivity contribution is 5.61. The molecule has 0 bridgehead atoms. The zero-order valence-corrected chi connectivity index (χ0v) is 4.04. The molecular formula is C4H7N3. The standard InChI is InChI=1S/C4H7N3/c1-5-3-7-4-6-2/h3H,1-2,4H2. The van der Waals surface area contributed by atoms with Crippen LogP contribution in [0.1, 0.15) is 0 Å². The summed E-state index contributed by atoms with van der Waals surface area (Å²) in [5.41, 5.74) is 0. The van der Waals surface area contributed by atoms with Crippen LogP contribution in [-0.4, -0.2) is 26.4 Å². The number of nitrogens with zero attached hydrogens (tertiary/aromatic N) is 3. The number of hydrogen-bond acceptors (Lipinski definition) is 2. The molecule has 0 saturated heterocycles. The molecule has 0 heterocycles. The lowest BCUT2D eigenvalue weighted by atomic mass is 11.1. The summed E-state index contributed by atoms with van der Waals surface area (Å²) in [6.45, 7) is 6.75. The molecule has 0 fully saturated rings. The fourth-order valence-corrected chi connectivity index (χ4v) is 0.152. The summed E-state index contributed by atoms with van der Waals surface area (Å²) in [7, 11) is 0. The van der Waals surface area contributed by atoms with Crippen LogP contribution in [0.25, 0.3) is 0 Å². The largest absolute Gasteiger partial charge is 0.278 e. The van der Waals surface area contributed by atoms with Crippen molar-refractivity contribution in [2.45, 2.75) is 0 Å². The van der Waals surface area contributed by atoms with Gasteiger partial charge in [0, 0.05) is 0 Å². The van der Waals surface area contributed by atoms with Crippen LogP contribution < -0.4 is 0 Å². The average molecular weight is 97.1 g/mol. The SMILES string of the molecule is C=NC=NCN=C. The van der Waals surface area contributed by atoms with Crippen LogP contribution in [0.2, 0.25) is 0 Å². The summed E-state index contributed by atoms with van der Waals surface area (Å²) >= 11 is 0. The number of rotatable bonds is 3. The van der Waals surface area contributed by atoms with Gasteiger partial charge in [0.15, 0.2) is 0 Å². The molecule has 0 aliphatic heterocycles. The quantitative estimate of drug-likeness (QED) is 0.360. The maximum Gasteiger partial charge on any atom is 0.130 e. The van der Waals surface area contributed by atoms with Gasteiger partial charge in [0.05, 0.1) is 0 Å². The number of hydrogen-bond donors (Lipinski definition) is 0. The summed E-state index contributed by atoms with van der Waals surface area (Å²) in [5.74, 6) is 0. The van der Waals surface area contributed by atoms with Gasteiger partial charge in [-0.25, -0.2) is 0 Å². The second kappa shape index (κ2) is 5.01. The number of aliphatic imine (C=N–C) groups is 3. The van der Waals surface area contributed by atoms with Crippen LogP contribution in [0.5, 0.6) is 0 Å². The Bertz CT molecular complexity index is 84.9. The van der Waals surface area contributed by atoms with Gasteiger partial charge in [-0.2, -0.15) is 0 Å². The molecule has 0 aliphatic carbocycles. The first-order valence-electron chi connectivity index (χ1n) is 1.78. The second-order valence-corrected chi connectivity index (χ2v) is 0.846. The topological polar surface area (TPSA) is 37.1 Å². The Labute approximate surface area is 42.5 Å². The van der Waals surface area contributed by atoms with E-state index in [1.165, 1.54) is 6.34 Å². The third kappa shape index (κ3) is 5.01. The molecule has 0 spiro atoms. The Morgan fingerprint density at radius 1 is 1.43 bits per heavy atom. The molecule has 0 radical (unpaired) electrons. The molecule has 0 rings (SSSR count). The van der Waals surface area contributed by atoms with Crippen molar-refractivity contribution in [3.63, 3.8) is 0 Å². The summed E-state index contributed by atoms with van der Waals surface area (Å²) in [6.07, 6.45) is 1.34. The fourth-order valence-electron chi connectivity index (χ4n) is 0.152. The lowest BCUT2D eigenvalue weighted by Crippen LogP contribution is -1.69. The van der Waals surface area contributed by atoms with Crippen molar-refractivity contribution < 1.29 is 0 Å². The van der Waals surface area contributed by atoms with Gasteiger partial charge in [0.1, 0.15) is 13.0 Å².